The standard InChI is InChI=1S/C16H25O5P/c1-15(2,3)11-8-9-13(12(10-11)16(4,5)6)21-22(18,19)14(17)20-7/h8-10H,1-7H3,(H,18,19). The van der Waals surface area contributed by atoms with Crippen LogP contribution in [0.4, 0.5) is 4.79 Å². The Kier molecular flexibility index (Phi) is 5.15. The summed E-state index contributed by atoms with van der Waals surface area (Å²) in [4.78, 5) is 21.1. The molecule has 0 saturated heterocycles. The van der Waals surface area contributed by atoms with Gasteiger partial charge >= 0.3 is 13.3 Å². The monoisotopic (exact) mass is 328 g/mol. The molecule has 124 valence electrons. The maximum absolute atomic E-state index is 11.9. The summed E-state index contributed by atoms with van der Waals surface area (Å²) in [7, 11) is -3.48. The third kappa shape index (κ3) is 4.34. The first-order chi connectivity index (χ1) is 9.79. The minimum Gasteiger partial charge on any atom is -0.459 e. The molecule has 0 aromatic heterocycles. The fourth-order valence-electron chi connectivity index (χ4n) is 1.95. The number of benzene rings is 1. The van der Waals surface area contributed by atoms with E-state index in [0.29, 0.717) is 0 Å². The van der Waals surface area contributed by atoms with E-state index in [4.69, 9.17) is 4.52 Å². The molecule has 0 aliphatic carbocycles. The molecule has 1 N–H and O–H groups in total. The van der Waals surface area contributed by atoms with Crippen molar-refractivity contribution in [3.8, 4) is 5.75 Å². The van der Waals surface area contributed by atoms with Crippen LogP contribution in [0.3, 0.4) is 0 Å². The highest BCUT2D eigenvalue weighted by Crippen LogP contribution is 2.47. The zero-order valence-electron chi connectivity index (χ0n) is 14.3. The Hall–Kier alpha value is -1.32. The molecule has 0 fully saturated rings. The number of hydrogen-bond acceptors (Lipinski definition) is 4. The smallest absolute Gasteiger partial charge is 0.459 e. The summed E-state index contributed by atoms with van der Waals surface area (Å²) in [5.41, 5.74) is 0.192. The van der Waals surface area contributed by atoms with Gasteiger partial charge in [0.15, 0.2) is 0 Å². The van der Waals surface area contributed by atoms with Crippen molar-refractivity contribution in [1.29, 1.82) is 0 Å². The van der Waals surface area contributed by atoms with Gasteiger partial charge in [0.2, 0.25) is 0 Å². The van der Waals surface area contributed by atoms with Gasteiger partial charge in [-0.05, 0) is 22.5 Å². The van der Waals surface area contributed by atoms with Gasteiger partial charge in [0.1, 0.15) is 5.75 Å². The van der Waals surface area contributed by atoms with Crippen LogP contribution in [0.25, 0.3) is 0 Å². The topological polar surface area (TPSA) is 72.8 Å². The van der Waals surface area contributed by atoms with Crippen LogP contribution in [0, 0.1) is 0 Å². The Morgan fingerprint density at radius 1 is 1.09 bits per heavy atom. The molecule has 0 aliphatic rings. The minimum absolute atomic E-state index is 0.0657. The first-order valence-corrected chi connectivity index (χ1v) is 8.62. The molecule has 0 bridgehead atoms. The summed E-state index contributed by atoms with van der Waals surface area (Å²) < 4.78 is 21.4. The van der Waals surface area contributed by atoms with E-state index >= 15 is 0 Å². The molecule has 1 atom stereocenters. The van der Waals surface area contributed by atoms with Gasteiger partial charge < -0.3 is 14.2 Å². The summed E-state index contributed by atoms with van der Waals surface area (Å²) in [5, 5.41) is 0. The lowest BCUT2D eigenvalue weighted by Crippen LogP contribution is -2.18. The lowest BCUT2D eigenvalue weighted by Gasteiger charge is -2.27. The molecule has 0 aliphatic heterocycles. The molecule has 1 aromatic rings. The Labute approximate surface area is 132 Å². The molecular formula is C16H25O5P. The van der Waals surface area contributed by atoms with Crippen LogP contribution < -0.4 is 4.52 Å². The lowest BCUT2D eigenvalue weighted by molar-refractivity contribution is 0.187. The van der Waals surface area contributed by atoms with Crippen molar-refractivity contribution in [2.45, 2.75) is 52.4 Å². The fraction of sp³-hybridized carbons (Fsp3) is 0.562. The molecule has 0 saturated carbocycles. The molecule has 1 rings (SSSR count). The SMILES string of the molecule is COC(=O)P(=O)(O)Oc1ccc(C(C)(C)C)cc1C(C)(C)C. The molecule has 0 amide bonds. The third-order valence-electron chi connectivity index (χ3n) is 3.28. The average molecular weight is 328 g/mol. The first kappa shape index (κ1) is 18.7. The molecule has 0 heterocycles. The Morgan fingerprint density at radius 3 is 2.05 bits per heavy atom. The van der Waals surface area contributed by atoms with Crippen LogP contribution in [-0.2, 0) is 20.1 Å². The maximum atomic E-state index is 11.9. The number of hydrogen-bond donors (Lipinski definition) is 1. The molecule has 5 nitrogen and oxygen atoms in total. The molecule has 0 radical (unpaired) electrons. The number of rotatable bonds is 3. The summed E-state index contributed by atoms with van der Waals surface area (Å²) in [5.74, 6) is 0.219. The van der Waals surface area contributed by atoms with E-state index in [1.165, 1.54) is 0 Å². The van der Waals surface area contributed by atoms with Crippen LogP contribution in [0.1, 0.15) is 52.7 Å². The van der Waals surface area contributed by atoms with E-state index in [-0.39, 0.29) is 16.6 Å². The summed E-state index contributed by atoms with van der Waals surface area (Å²) in [6.07, 6.45) is 0. The second-order valence-corrected chi connectivity index (χ2v) is 8.88. The summed E-state index contributed by atoms with van der Waals surface area (Å²) >= 11 is 0. The lowest BCUT2D eigenvalue weighted by atomic mass is 9.80. The molecule has 22 heavy (non-hydrogen) atoms. The molecular weight excluding hydrogens is 303 g/mol. The van der Waals surface area contributed by atoms with Gasteiger partial charge in [-0.2, -0.15) is 0 Å². The van der Waals surface area contributed by atoms with E-state index < -0.39 is 13.3 Å². The first-order valence-electron chi connectivity index (χ1n) is 7.05. The quantitative estimate of drug-likeness (QED) is 0.820. The Bertz CT molecular complexity index is 608. The zero-order chi connectivity index (χ0) is 17.3. The van der Waals surface area contributed by atoms with Crippen molar-refractivity contribution in [3.63, 3.8) is 0 Å². The van der Waals surface area contributed by atoms with E-state index in [1.807, 2.05) is 32.9 Å². The predicted molar refractivity (Wildman–Crippen MR) is 86.7 cm³/mol. The van der Waals surface area contributed by atoms with Crippen LogP contribution in [0.2, 0.25) is 0 Å². The van der Waals surface area contributed by atoms with Gasteiger partial charge in [-0.15, -0.1) is 0 Å². The summed E-state index contributed by atoms with van der Waals surface area (Å²) in [6.45, 7) is 12.2. The molecule has 0 spiro atoms. The van der Waals surface area contributed by atoms with Gasteiger partial charge in [0, 0.05) is 5.56 Å². The van der Waals surface area contributed by atoms with Crippen molar-refractivity contribution in [2.75, 3.05) is 7.11 Å². The van der Waals surface area contributed by atoms with Crippen LogP contribution in [0.5, 0.6) is 5.75 Å². The number of methoxy groups -OCH3 is 1. The Morgan fingerprint density at radius 2 is 1.64 bits per heavy atom. The number of ether oxygens (including phenoxy) is 1. The highest BCUT2D eigenvalue weighted by atomic mass is 31.2. The van der Waals surface area contributed by atoms with Crippen LogP contribution >= 0.6 is 7.60 Å². The van der Waals surface area contributed by atoms with Gasteiger partial charge in [0.25, 0.3) is 0 Å². The normalized spacial score (nSPS) is 15.1. The van der Waals surface area contributed by atoms with E-state index in [0.717, 1.165) is 18.2 Å². The van der Waals surface area contributed by atoms with Crippen molar-refractivity contribution in [2.24, 2.45) is 0 Å². The van der Waals surface area contributed by atoms with E-state index in [2.05, 4.69) is 25.5 Å². The second kappa shape index (κ2) is 6.05. The van der Waals surface area contributed by atoms with Gasteiger partial charge in [-0.25, -0.2) is 9.36 Å². The van der Waals surface area contributed by atoms with E-state index in [1.54, 1.807) is 6.07 Å². The van der Waals surface area contributed by atoms with E-state index in [9.17, 15) is 14.3 Å². The average Bonchev–Trinajstić information content (AvgIpc) is 2.35. The zero-order valence-corrected chi connectivity index (χ0v) is 15.2. The summed E-state index contributed by atoms with van der Waals surface area (Å²) in [6, 6.07) is 5.42. The van der Waals surface area contributed by atoms with Gasteiger partial charge in [-0.1, -0.05) is 53.7 Å². The third-order valence-corrected chi connectivity index (χ3v) is 4.37. The van der Waals surface area contributed by atoms with Crippen LogP contribution in [0.15, 0.2) is 18.2 Å². The fourth-order valence-corrected chi connectivity index (χ4v) is 2.68. The predicted octanol–water partition coefficient (Wildman–Crippen LogP) is 4.61. The molecule has 1 aromatic carbocycles. The van der Waals surface area contributed by atoms with Crippen molar-refractivity contribution < 1.29 is 23.5 Å². The van der Waals surface area contributed by atoms with Crippen molar-refractivity contribution >= 4 is 13.3 Å². The molecule has 1 unspecified atom stereocenters. The highest BCUT2D eigenvalue weighted by Gasteiger charge is 2.35. The van der Waals surface area contributed by atoms with Gasteiger partial charge in [0.05, 0.1) is 7.11 Å². The molecule has 6 heteroatoms. The van der Waals surface area contributed by atoms with Crippen molar-refractivity contribution in [3.05, 3.63) is 29.3 Å². The van der Waals surface area contributed by atoms with Crippen LogP contribution in [-0.4, -0.2) is 17.7 Å². The maximum Gasteiger partial charge on any atom is 0.485 e. The number of carbonyl (C=O) groups excluding carboxylic acids is 1. The minimum atomic E-state index is -4.52. The van der Waals surface area contributed by atoms with Crippen molar-refractivity contribution in [1.82, 2.24) is 0 Å². The highest BCUT2D eigenvalue weighted by molar-refractivity contribution is 7.70. The Balaban J connectivity index is 3.38. The second-order valence-electron chi connectivity index (χ2n) is 7.29. The van der Waals surface area contributed by atoms with Gasteiger partial charge in [-0.3, -0.25) is 0 Å². The largest absolute Gasteiger partial charge is 0.485 e. The number of carbonyl (C=O) groups is 1.